The number of ether oxygens (including phenoxy) is 1. The SMILES string of the molecule is COc1ccc(Cl)c(S(=O)(=O)NC(CC(C)C)C(=O)O)c1. The summed E-state index contributed by atoms with van der Waals surface area (Å²) in [6.07, 6.45) is 0.177. The van der Waals surface area contributed by atoms with Gasteiger partial charge in [0.2, 0.25) is 10.0 Å². The first-order valence-electron chi connectivity index (χ1n) is 6.26. The van der Waals surface area contributed by atoms with Gasteiger partial charge in [0, 0.05) is 6.07 Å². The van der Waals surface area contributed by atoms with Crippen LogP contribution in [0, 0.1) is 5.92 Å². The Balaban J connectivity index is 3.12. The maximum atomic E-state index is 12.3. The van der Waals surface area contributed by atoms with Gasteiger partial charge in [0.05, 0.1) is 12.1 Å². The molecular weight excluding hydrogens is 318 g/mol. The van der Waals surface area contributed by atoms with Gasteiger partial charge in [-0.1, -0.05) is 25.4 Å². The van der Waals surface area contributed by atoms with Crippen molar-refractivity contribution in [2.24, 2.45) is 5.92 Å². The second kappa shape index (κ2) is 7.11. The van der Waals surface area contributed by atoms with Gasteiger partial charge in [0.15, 0.2) is 0 Å². The van der Waals surface area contributed by atoms with Crippen LogP contribution in [0.3, 0.4) is 0 Å². The number of rotatable bonds is 7. The summed E-state index contributed by atoms with van der Waals surface area (Å²) in [6.45, 7) is 3.62. The third-order valence-electron chi connectivity index (χ3n) is 2.73. The molecule has 1 aromatic carbocycles. The van der Waals surface area contributed by atoms with Gasteiger partial charge in [0.25, 0.3) is 0 Å². The molecule has 0 spiro atoms. The van der Waals surface area contributed by atoms with Crippen molar-refractivity contribution >= 4 is 27.6 Å². The van der Waals surface area contributed by atoms with E-state index >= 15 is 0 Å². The third-order valence-corrected chi connectivity index (χ3v) is 4.68. The molecule has 0 saturated carbocycles. The lowest BCUT2D eigenvalue weighted by molar-refractivity contribution is -0.139. The molecule has 0 aliphatic carbocycles. The molecular formula is C13H18ClNO5S. The fraction of sp³-hybridized carbons (Fsp3) is 0.462. The molecule has 0 amide bonds. The number of carboxylic acid groups (broad SMARTS) is 1. The van der Waals surface area contributed by atoms with E-state index in [4.69, 9.17) is 21.4 Å². The van der Waals surface area contributed by atoms with Crippen molar-refractivity contribution < 1.29 is 23.1 Å². The van der Waals surface area contributed by atoms with Crippen molar-refractivity contribution in [3.63, 3.8) is 0 Å². The minimum atomic E-state index is -4.06. The molecule has 0 aromatic heterocycles. The molecule has 1 atom stereocenters. The second-order valence-electron chi connectivity index (χ2n) is 4.94. The molecule has 0 radical (unpaired) electrons. The first kappa shape index (κ1) is 17.7. The van der Waals surface area contributed by atoms with Crippen LogP contribution in [0.15, 0.2) is 23.1 Å². The van der Waals surface area contributed by atoms with Gasteiger partial charge >= 0.3 is 5.97 Å². The topological polar surface area (TPSA) is 92.7 Å². The Morgan fingerprint density at radius 1 is 1.43 bits per heavy atom. The number of hydrogen-bond donors (Lipinski definition) is 2. The highest BCUT2D eigenvalue weighted by Crippen LogP contribution is 2.26. The fourth-order valence-corrected chi connectivity index (χ4v) is 3.46. The van der Waals surface area contributed by atoms with Crippen LogP contribution in [0.1, 0.15) is 20.3 Å². The van der Waals surface area contributed by atoms with Gasteiger partial charge in [-0.25, -0.2) is 8.42 Å². The summed E-state index contributed by atoms with van der Waals surface area (Å²) in [4.78, 5) is 11.0. The lowest BCUT2D eigenvalue weighted by Gasteiger charge is -2.17. The van der Waals surface area contributed by atoms with E-state index in [1.54, 1.807) is 0 Å². The number of carbonyl (C=O) groups is 1. The minimum Gasteiger partial charge on any atom is -0.497 e. The first-order valence-corrected chi connectivity index (χ1v) is 8.12. The van der Waals surface area contributed by atoms with Gasteiger partial charge in [0.1, 0.15) is 16.7 Å². The van der Waals surface area contributed by atoms with Crippen LogP contribution in [-0.2, 0) is 14.8 Å². The minimum absolute atomic E-state index is 0.00279. The summed E-state index contributed by atoms with van der Waals surface area (Å²) < 4.78 is 31.7. The summed E-state index contributed by atoms with van der Waals surface area (Å²) in [7, 11) is -2.66. The quantitative estimate of drug-likeness (QED) is 0.796. The van der Waals surface area contributed by atoms with E-state index in [9.17, 15) is 13.2 Å². The van der Waals surface area contributed by atoms with Gasteiger partial charge in [-0.15, -0.1) is 0 Å². The van der Waals surface area contributed by atoms with Crippen LogP contribution in [0.4, 0.5) is 0 Å². The van der Waals surface area contributed by atoms with Gasteiger partial charge < -0.3 is 9.84 Å². The Labute approximate surface area is 129 Å². The number of carboxylic acids is 1. The summed E-state index contributed by atoms with van der Waals surface area (Å²) in [6, 6.07) is 2.94. The number of benzene rings is 1. The molecule has 0 heterocycles. The molecule has 8 heteroatoms. The molecule has 118 valence electrons. The summed E-state index contributed by atoms with van der Waals surface area (Å²) >= 11 is 5.88. The molecule has 21 heavy (non-hydrogen) atoms. The monoisotopic (exact) mass is 335 g/mol. The van der Waals surface area contributed by atoms with Gasteiger partial charge in [-0.2, -0.15) is 4.72 Å². The van der Waals surface area contributed by atoms with E-state index < -0.39 is 22.0 Å². The van der Waals surface area contributed by atoms with E-state index in [0.29, 0.717) is 5.75 Å². The van der Waals surface area contributed by atoms with Crippen molar-refractivity contribution in [3.05, 3.63) is 23.2 Å². The fourth-order valence-electron chi connectivity index (χ4n) is 1.74. The van der Waals surface area contributed by atoms with Crippen molar-refractivity contribution in [2.75, 3.05) is 7.11 Å². The Bertz CT molecular complexity index is 615. The maximum absolute atomic E-state index is 12.3. The van der Waals surface area contributed by atoms with Gasteiger partial charge in [-0.3, -0.25) is 4.79 Å². The normalized spacial score (nSPS) is 13.2. The van der Waals surface area contributed by atoms with E-state index in [1.165, 1.54) is 25.3 Å². The number of sulfonamides is 1. The van der Waals surface area contributed by atoms with E-state index in [-0.39, 0.29) is 22.3 Å². The molecule has 0 aliphatic heterocycles. The van der Waals surface area contributed by atoms with E-state index in [0.717, 1.165) is 0 Å². The zero-order valence-electron chi connectivity index (χ0n) is 12.0. The molecule has 0 fully saturated rings. The predicted molar refractivity (Wildman–Crippen MR) is 79.2 cm³/mol. The number of nitrogens with one attached hydrogen (secondary N) is 1. The summed E-state index contributed by atoms with van der Waals surface area (Å²) in [5.74, 6) is -0.892. The lowest BCUT2D eigenvalue weighted by Crippen LogP contribution is -2.41. The van der Waals surface area contributed by atoms with Crippen LogP contribution in [0.2, 0.25) is 5.02 Å². The Kier molecular flexibility index (Phi) is 6.00. The van der Waals surface area contributed by atoms with Crippen LogP contribution >= 0.6 is 11.6 Å². The predicted octanol–water partition coefficient (Wildman–Crippen LogP) is 2.13. The standard InChI is InChI=1S/C13H18ClNO5S/c1-8(2)6-11(13(16)17)15-21(18,19)12-7-9(20-3)4-5-10(12)14/h4-5,7-8,11,15H,6H2,1-3H3,(H,16,17). The zero-order valence-corrected chi connectivity index (χ0v) is 13.5. The van der Waals surface area contributed by atoms with E-state index in [1.807, 2.05) is 13.8 Å². The average Bonchev–Trinajstić information content (AvgIpc) is 2.37. The maximum Gasteiger partial charge on any atom is 0.321 e. The largest absolute Gasteiger partial charge is 0.497 e. The highest BCUT2D eigenvalue weighted by Gasteiger charge is 2.27. The van der Waals surface area contributed by atoms with Crippen molar-refractivity contribution in [3.8, 4) is 5.75 Å². The second-order valence-corrected chi connectivity index (χ2v) is 7.03. The number of hydrogen-bond acceptors (Lipinski definition) is 4. The molecule has 1 aromatic rings. The molecule has 0 bridgehead atoms. The summed E-state index contributed by atoms with van der Waals surface area (Å²) in [5, 5.41) is 9.12. The van der Waals surface area contributed by atoms with Crippen LogP contribution in [0.25, 0.3) is 0 Å². The van der Waals surface area contributed by atoms with Crippen LogP contribution in [-0.4, -0.2) is 32.6 Å². The molecule has 2 N–H and O–H groups in total. The number of methoxy groups -OCH3 is 1. The third kappa shape index (κ3) is 4.87. The Morgan fingerprint density at radius 3 is 2.52 bits per heavy atom. The molecule has 0 aliphatic rings. The lowest BCUT2D eigenvalue weighted by atomic mass is 10.1. The average molecular weight is 336 g/mol. The van der Waals surface area contributed by atoms with Crippen LogP contribution in [0.5, 0.6) is 5.75 Å². The molecule has 1 unspecified atom stereocenters. The highest BCUT2D eigenvalue weighted by atomic mass is 35.5. The molecule has 6 nitrogen and oxygen atoms in total. The van der Waals surface area contributed by atoms with Crippen LogP contribution < -0.4 is 9.46 Å². The van der Waals surface area contributed by atoms with E-state index in [2.05, 4.69) is 4.72 Å². The van der Waals surface area contributed by atoms with Crippen molar-refractivity contribution in [1.82, 2.24) is 4.72 Å². The van der Waals surface area contributed by atoms with Crippen molar-refractivity contribution in [2.45, 2.75) is 31.2 Å². The Hall–Kier alpha value is -1.31. The van der Waals surface area contributed by atoms with Crippen molar-refractivity contribution in [1.29, 1.82) is 0 Å². The zero-order chi connectivity index (χ0) is 16.2. The number of aliphatic carboxylic acids is 1. The molecule has 0 saturated heterocycles. The highest BCUT2D eigenvalue weighted by molar-refractivity contribution is 7.89. The van der Waals surface area contributed by atoms with Gasteiger partial charge in [-0.05, 0) is 24.5 Å². The smallest absolute Gasteiger partial charge is 0.321 e. The first-order chi connectivity index (χ1) is 9.67. The number of halogens is 1. The summed E-state index contributed by atoms with van der Waals surface area (Å²) in [5.41, 5.74) is 0. The molecule has 1 rings (SSSR count). The Morgan fingerprint density at radius 2 is 2.05 bits per heavy atom.